The molecule has 2 heterocycles. The number of nitrogens with zero attached hydrogens (tertiary/aromatic N) is 2. The van der Waals surface area contributed by atoms with Crippen LogP contribution < -0.4 is 15.6 Å². The van der Waals surface area contributed by atoms with E-state index in [0.717, 1.165) is 11.3 Å². The highest BCUT2D eigenvalue weighted by Gasteiger charge is 2.19. The van der Waals surface area contributed by atoms with Gasteiger partial charge in [-0.2, -0.15) is 0 Å². The summed E-state index contributed by atoms with van der Waals surface area (Å²) in [5.74, 6) is -0.789. The Kier molecular flexibility index (Phi) is 5.22. The van der Waals surface area contributed by atoms with Crippen molar-refractivity contribution in [3.63, 3.8) is 0 Å². The molecule has 2 aromatic heterocycles. The molecule has 0 saturated carbocycles. The highest BCUT2D eigenvalue weighted by molar-refractivity contribution is 7.17. The van der Waals surface area contributed by atoms with Crippen molar-refractivity contribution in [2.24, 2.45) is 0 Å². The number of fused-ring (bicyclic) bond motifs is 1. The minimum absolute atomic E-state index is 0.0145. The fourth-order valence-corrected chi connectivity index (χ4v) is 3.60. The van der Waals surface area contributed by atoms with Crippen molar-refractivity contribution in [1.29, 1.82) is 0 Å². The molecule has 3 rings (SSSR count). The predicted octanol–water partition coefficient (Wildman–Crippen LogP) is 2.50. The van der Waals surface area contributed by atoms with Gasteiger partial charge in [0.1, 0.15) is 22.9 Å². The van der Waals surface area contributed by atoms with Crippen molar-refractivity contribution >= 4 is 39.1 Å². The van der Waals surface area contributed by atoms with Crippen LogP contribution in [-0.4, -0.2) is 33.1 Å². The Labute approximate surface area is 158 Å². The van der Waals surface area contributed by atoms with Gasteiger partial charge in [-0.1, -0.05) is 12.1 Å². The topological polar surface area (TPSA) is 111 Å². The third-order valence-corrected chi connectivity index (χ3v) is 4.75. The summed E-state index contributed by atoms with van der Waals surface area (Å²) < 4.78 is 6.63. The van der Waals surface area contributed by atoms with Crippen LogP contribution in [0.2, 0.25) is 0 Å². The third kappa shape index (κ3) is 3.68. The summed E-state index contributed by atoms with van der Waals surface area (Å²) in [6.45, 7) is 3.59. The number of carboxylic acid groups (broad SMARTS) is 1. The Bertz CT molecular complexity index is 1090. The molecule has 9 heteroatoms. The summed E-state index contributed by atoms with van der Waals surface area (Å²) in [6, 6.07) is 6.97. The van der Waals surface area contributed by atoms with Crippen LogP contribution in [0.4, 0.5) is 5.69 Å². The van der Waals surface area contributed by atoms with Crippen molar-refractivity contribution in [1.82, 2.24) is 9.55 Å². The standard InChI is InChI=1S/C18H17N3O5S/c1-3-26-13-7-5-4-6-12(13)20-14(22)8-21-10(2)19-16-15(17(21)23)11(9-27-16)18(24)25/h4-7,9H,3,8H2,1-2H3,(H,20,22)(H,24,25). The molecule has 0 bridgehead atoms. The number of hydrogen-bond acceptors (Lipinski definition) is 6. The van der Waals surface area contributed by atoms with Crippen molar-refractivity contribution in [3.05, 3.63) is 51.4 Å². The molecule has 3 aromatic rings. The average molecular weight is 387 g/mol. The third-order valence-electron chi connectivity index (χ3n) is 3.88. The van der Waals surface area contributed by atoms with E-state index in [9.17, 15) is 19.5 Å². The van der Waals surface area contributed by atoms with Crippen molar-refractivity contribution < 1.29 is 19.4 Å². The maximum Gasteiger partial charge on any atom is 0.337 e. The first-order chi connectivity index (χ1) is 12.9. The summed E-state index contributed by atoms with van der Waals surface area (Å²) in [7, 11) is 0. The van der Waals surface area contributed by atoms with Crippen LogP contribution in [-0.2, 0) is 11.3 Å². The first-order valence-corrected chi connectivity index (χ1v) is 9.04. The van der Waals surface area contributed by atoms with Gasteiger partial charge in [-0.05, 0) is 26.0 Å². The maximum absolute atomic E-state index is 12.8. The molecule has 8 nitrogen and oxygen atoms in total. The Morgan fingerprint density at radius 2 is 2.07 bits per heavy atom. The highest BCUT2D eigenvalue weighted by atomic mass is 32.1. The fourth-order valence-electron chi connectivity index (χ4n) is 2.65. The smallest absolute Gasteiger partial charge is 0.337 e. The minimum Gasteiger partial charge on any atom is -0.492 e. The lowest BCUT2D eigenvalue weighted by Crippen LogP contribution is -2.30. The highest BCUT2D eigenvalue weighted by Crippen LogP contribution is 2.24. The lowest BCUT2D eigenvalue weighted by Gasteiger charge is -2.13. The van der Waals surface area contributed by atoms with Crippen molar-refractivity contribution in [2.45, 2.75) is 20.4 Å². The van der Waals surface area contributed by atoms with Gasteiger partial charge >= 0.3 is 5.97 Å². The molecule has 0 spiro atoms. The van der Waals surface area contributed by atoms with E-state index in [1.165, 1.54) is 9.95 Å². The number of aryl methyl sites for hydroxylation is 1. The molecule has 1 aromatic carbocycles. The zero-order valence-corrected chi connectivity index (χ0v) is 15.5. The van der Waals surface area contributed by atoms with Crippen LogP contribution in [0, 0.1) is 6.92 Å². The van der Waals surface area contributed by atoms with E-state index >= 15 is 0 Å². The average Bonchev–Trinajstić information content (AvgIpc) is 3.04. The second-order valence-electron chi connectivity index (χ2n) is 5.66. The van der Waals surface area contributed by atoms with Crippen LogP contribution in [0.25, 0.3) is 10.2 Å². The fraction of sp³-hybridized carbons (Fsp3) is 0.222. The predicted molar refractivity (Wildman–Crippen MR) is 102 cm³/mol. The Morgan fingerprint density at radius 1 is 1.33 bits per heavy atom. The summed E-state index contributed by atoms with van der Waals surface area (Å²) >= 11 is 1.09. The quantitative estimate of drug-likeness (QED) is 0.672. The number of nitrogens with one attached hydrogen (secondary N) is 1. The summed E-state index contributed by atoms with van der Waals surface area (Å²) in [5, 5.41) is 13.4. The van der Waals surface area contributed by atoms with Crippen molar-refractivity contribution in [3.8, 4) is 5.75 Å². The summed E-state index contributed by atoms with van der Waals surface area (Å²) in [6.07, 6.45) is 0. The lowest BCUT2D eigenvalue weighted by atomic mass is 10.2. The monoisotopic (exact) mass is 387 g/mol. The number of anilines is 1. The lowest BCUT2D eigenvalue weighted by molar-refractivity contribution is -0.116. The van der Waals surface area contributed by atoms with Crippen LogP contribution in [0.15, 0.2) is 34.4 Å². The van der Waals surface area contributed by atoms with Gasteiger partial charge in [0.05, 0.1) is 23.2 Å². The van der Waals surface area contributed by atoms with Crippen LogP contribution in [0.3, 0.4) is 0 Å². The molecule has 27 heavy (non-hydrogen) atoms. The maximum atomic E-state index is 12.8. The number of carboxylic acids is 1. The molecule has 0 fully saturated rings. The number of ether oxygens (including phenoxy) is 1. The molecule has 0 radical (unpaired) electrons. The second-order valence-corrected chi connectivity index (χ2v) is 6.52. The SMILES string of the molecule is CCOc1ccccc1NC(=O)Cn1c(C)nc2scc(C(=O)O)c2c1=O. The van der Waals surface area contributed by atoms with E-state index in [-0.39, 0.29) is 17.5 Å². The molecule has 1 amide bonds. The number of amides is 1. The van der Waals surface area contributed by atoms with E-state index in [1.54, 1.807) is 31.2 Å². The molecule has 0 aliphatic carbocycles. The zero-order chi connectivity index (χ0) is 19.6. The van der Waals surface area contributed by atoms with Gasteiger partial charge < -0.3 is 15.2 Å². The molecular formula is C18H17N3O5S. The molecule has 140 valence electrons. The summed E-state index contributed by atoms with van der Waals surface area (Å²) in [5.41, 5.74) is -0.168. The van der Waals surface area contributed by atoms with E-state index in [4.69, 9.17) is 4.74 Å². The number of rotatable bonds is 6. The van der Waals surface area contributed by atoms with E-state index in [0.29, 0.717) is 28.7 Å². The van der Waals surface area contributed by atoms with E-state index in [2.05, 4.69) is 10.3 Å². The largest absolute Gasteiger partial charge is 0.492 e. The number of thiophene rings is 1. The second kappa shape index (κ2) is 7.58. The summed E-state index contributed by atoms with van der Waals surface area (Å²) in [4.78, 5) is 41.1. The minimum atomic E-state index is -1.20. The molecule has 0 unspecified atom stereocenters. The van der Waals surface area contributed by atoms with Gasteiger partial charge in [-0.3, -0.25) is 14.2 Å². The van der Waals surface area contributed by atoms with Gasteiger partial charge in [-0.25, -0.2) is 9.78 Å². The Morgan fingerprint density at radius 3 is 2.78 bits per heavy atom. The molecule has 0 saturated heterocycles. The van der Waals surface area contributed by atoms with Gasteiger partial charge in [0.25, 0.3) is 5.56 Å². The number of benzene rings is 1. The molecule has 2 N–H and O–H groups in total. The zero-order valence-electron chi connectivity index (χ0n) is 14.7. The number of hydrogen-bond donors (Lipinski definition) is 2. The molecule has 0 atom stereocenters. The first kappa shape index (κ1) is 18.6. The van der Waals surface area contributed by atoms with Crippen LogP contribution >= 0.6 is 11.3 Å². The Balaban J connectivity index is 1.93. The van der Waals surface area contributed by atoms with Gasteiger partial charge in [0.15, 0.2) is 0 Å². The van der Waals surface area contributed by atoms with Gasteiger partial charge in [0.2, 0.25) is 5.91 Å². The van der Waals surface area contributed by atoms with E-state index < -0.39 is 17.4 Å². The molecule has 0 aliphatic heterocycles. The van der Waals surface area contributed by atoms with Gasteiger partial charge in [0, 0.05) is 5.38 Å². The number of carbonyl (C=O) groups is 2. The Hall–Kier alpha value is -3.20. The van der Waals surface area contributed by atoms with E-state index in [1.807, 2.05) is 6.92 Å². The number of para-hydroxylation sites is 2. The van der Waals surface area contributed by atoms with Gasteiger partial charge in [-0.15, -0.1) is 11.3 Å². The number of aromatic carboxylic acids is 1. The normalized spacial score (nSPS) is 10.7. The first-order valence-electron chi connectivity index (χ1n) is 8.16. The van der Waals surface area contributed by atoms with Crippen LogP contribution in [0.5, 0.6) is 5.75 Å². The molecular weight excluding hydrogens is 370 g/mol. The molecule has 0 aliphatic rings. The van der Waals surface area contributed by atoms with Crippen molar-refractivity contribution in [2.75, 3.05) is 11.9 Å². The van der Waals surface area contributed by atoms with Crippen LogP contribution in [0.1, 0.15) is 23.1 Å². The number of aromatic nitrogens is 2. The number of carbonyl (C=O) groups excluding carboxylic acids is 1.